The van der Waals surface area contributed by atoms with Crippen LogP contribution < -0.4 is 0 Å². The molecule has 0 bridgehead atoms. The molecule has 2 aliphatic heterocycles. The minimum Gasteiger partial charge on any atom is -0.393 e. The molecular weight excluding hydrogens is 684 g/mol. The van der Waals surface area contributed by atoms with Gasteiger partial charge in [0.1, 0.15) is 42.7 Å². The van der Waals surface area contributed by atoms with Crippen molar-refractivity contribution in [3.05, 3.63) is 11.6 Å². The second-order valence-corrected chi connectivity index (χ2v) is 19.7. The van der Waals surface area contributed by atoms with Crippen molar-refractivity contribution in [2.75, 3.05) is 13.2 Å². The first-order chi connectivity index (χ1) is 24.6. The lowest BCUT2D eigenvalue weighted by Gasteiger charge is -2.70. The van der Waals surface area contributed by atoms with Gasteiger partial charge >= 0.3 is 0 Å². The Hall–Kier alpha value is -0.740. The third-order valence-electron chi connectivity index (χ3n) is 16.3. The van der Waals surface area contributed by atoms with E-state index in [0.717, 1.165) is 44.1 Å². The number of allylic oxidation sites excluding steroid dienone is 2. The van der Waals surface area contributed by atoms with E-state index < -0.39 is 67.0 Å². The van der Waals surface area contributed by atoms with Crippen molar-refractivity contribution >= 4 is 0 Å². The van der Waals surface area contributed by atoms with Gasteiger partial charge in [-0.2, -0.15) is 0 Å². The molecule has 2 heterocycles. The van der Waals surface area contributed by atoms with Crippen LogP contribution in [0.5, 0.6) is 0 Å². The van der Waals surface area contributed by atoms with Crippen molar-refractivity contribution in [2.45, 2.75) is 186 Å². The maximum atomic E-state index is 12.4. The zero-order chi connectivity index (χ0) is 39.1. The van der Waals surface area contributed by atoms with E-state index in [9.17, 15) is 40.9 Å². The smallest absolute Gasteiger partial charge is 0.187 e. The fourth-order valence-corrected chi connectivity index (χ4v) is 12.9. The van der Waals surface area contributed by atoms with Gasteiger partial charge < -0.3 is 59.8 Å². The van der Waals surface area contributed by atoms with E-state index in [0.29, 0.717) is 31.1 Å². The summed E-state index contributed by atoms with van der Waals surface area (Å²) in [5.41, 5.74) is -0.185. The van der Waals surface area contributed by atoms with Crippen molar-refractivity contribution in [2.24, 2.45) is 45.3 Å². The molecular formula is C41H70O12. The van der Waals surface area contributed by atoms with Gasteiger partial charge in [0.2, 0.25) is 0 Å². The summed E-state index contributed by atoms with van der Waals surface area (Å²) in [6.45, 7) is 17.2. The molecule has 0 aromatic rings. The first-order valence-electron chi connectivity index (χ1n) is 20.3. The van der Waals surface area contributed by atoms with Gasteiger partial charge in [0, 0.05) is 0 Å². The number of hydrogen-bond acceptors (Lipinski definition) is 12. The number of fused-ring (bicyclic) bond motifs is 5. The molecule has 6 rings (SSSR count). The van der Waals surface area contributed by atoms with Crippen LogP contribution in [0.2, 0.25) is 0 Å². The van der Waals surface area contributed by atoms with Gasteiger partial charge in [-0.05, 0) is 124 Å². The molecule has 0 radical (unpaired) electrons. The third kappa shape index (κ3) is 6.90. The SMILES string of the molecule is CC(C)=CCCC(C)(OC1OC(COC2OCC(O)C(O)C2O)C(O)C(O)C1O)C1CCC2(C)C1C(O)CC1C3(C)CCC(O)C(C)(C)C3CCC12C. The van der Waals surface area contributed by atoms with E-state index in [2.05, 4.69) is 40.7 Å². The fourth-order valence-electron chi connectivity index (χ4n) is 12.9. The molecule has 12 heteroatoms. The van der Waals surface area contributed by atoms with Crippen molar-refractivity contribution in [1.82, 2.24) is 0 Å². The lowest BCUT2D eigenvalue weighted by Crippen LogP contribution is -2.67. The minimum absolute atomic E-state index is 0.00324. The lowest BCUT2D eigenvalue weighted by molar-refractivity contribution is -0.345. The Morgan fingerprint density at radius 2 is 1.42 bits per heavy atom. The Kier molecular flexibility index (Phi) is 11.8. The zero-order valence-electron chi connectivity index (χ0n) is 33.2. The first-order valence-corrected chi connectivity index (χ1v) is 20.3. The Bertz CT molecular complexity index is 1320. The summed E-state index contributed by atoms with van der Waals surface area (Å²) in [5, 5.41) is 87.0. The maximum absolute atomic E-state index is 12.4. The highest BCUT2D eigenvalue weighted by Gasteiger charge is 2.71. The molecule has 8 N–H and O–H groups in total. The third-order valence-corrected chi connectivity index (χ3v) is 16.3. The van der Waals surface area contributed by atoms with Crippen molar-refractivity contribution < 1.29 is 59.8 Å². The second kappa shape index (κ2) is 14.9. The predicted molar refractivity (Wildman–Crippen MR) is 195 cm³/mol. The van der Waals surface area contributed by atoms with Crippen molar-refractivity contribution in [3.63, 3.8) is 0 Å². The Balaban J connectivity index is 1.26. The number of aliphatic hydroxyl groups excluding tert-OH is 8. The molecule has 6 fully saturated rings. The van der Waals surface area contributed by atoms with Crippen LogP contribution in [0.15, 0.2) is 11.6 Å². The van der Waals surface area contributed by atoms with Gasteiger partial charge in [0.05, 0.1) is 31.0 Å². The van der Waals surface area contributed by atoms with Gasteiger partial charge in [-0.25, -0.2) is 0 Å². The molecule has 4 aliphatic carbocycles. The van der Waals surface area contributed by atoms with E-state index in [1.54, 1.807) is 0 Å². The number of aliphatic hydroxyl groups is 8. The van der Waals surface area contributed by atoms with Crippen molar-refractivity contribution in [1.29, 1.82) is 0 Å². The number of hydrogen-bond donors (Lipinski definition) is 8. The number of ether oxygens (including phenoxy) is 4. The summed E-state index contributed by atoms with van der Waals surface area (Å²) in [5.74, 6) is 0.469. The normalized spacial score (nSPS) is 52.1. The molecule has 0 aromatic heterocycles. The minimum atomic E-state index is -1.63. The monoisotopic (exact) mass is 754 g/mol. The zero-order valence-corrected chi connectivity index (χ0v) is 33.2. The quantitative estimate of drug-likeness (QED) is 0.161. The molecule has 12 nitrogen and oxygen atoms in total. The van der Waals surface area contributed by atoms with Gasteiger partial charge in [0.15, 0.2) is 12.6 Å². The van der Waals surface area contributed by atoms with Crippen LogP contribution in [0.25, 0.3) is 0 Å². The topological polar surface area (TPSA) is 199 Å². The summed E-state index contributed by atoms with van der Waals surface area (Å²) in [6.07, 6.45) is -4.18. The van der Waals surface area contributed by atoms with Crippen LogP contribution in [0.3, 0.4) is 0 Å². The Morgan fingerprint density at radius 3 is 2.09 bits per heavy atom. The van der Waals surface area contributed by atoms with Crippen LogP contribution in [-0.2, 0) is 18.9 Å². The predicted octanol–water partition coefficient (Wildman–Crippen LogP) is 2.79. The Labute approximate surface area is 315 Å². The number of rotatable bonds is 9. The molecule has 19 unspecified atom stereocenters. The van der Waals surface area contributed by atoms with Gasteiger partial charge in [-0.1, -0.05) is 46.3 Å². The molecule has 306 valence electrons. The standard InChI is InChI=1S/C41H70O12/c1-21(2)10-9-14-41(8,53-36-34(49)32(47)31(46)25(52-36)20-51-35-33(48)30(45)24(43)19-50-35)22-11-16-40(7)29(22)23(42)18-27-38(5)15-13-28(44)37(3,4)26(38)12-17-39(27,40)6/h10,22-36,42-49H,9,11-20H2,1-8H3. The summed E-state index contributed by atoms with van der Waals surface area (Å²) < 4.78 is 24.1. The van der Waals surface area contributed by atoms with Crippen molar-refractivity contribution in [3.8, 4) is 0 Å². The Morgan fingerprint density at radius 1 is 0.755 bits per heavy atom. The van der Waals surface area contributed by atoms with E-state index in [1.165, 1.54) is 0 Å². The van der Waals surface area contributed by atoms with E-state index in [1.807, 2.05) is 20.8 Å². The van der Waals surface area contributed by atoms with E-state index in [4.69, 9.17) is 18.9 Å². The highest BCUT2D eigenvalue weighted by atomic mass is 16.7. The van der Waals surface area contributed by atoms with Crippen LogP contribution in [0.4, 0.5) is 0 Å². The van der Waals surface area contributed by atoms with Gasteiger partial charge in [-0.15, -0.1) is 0 Å². The van der Waals surface area contributed by atoms with Crippen LogP contribution in [-0.4, -0.2) is 127 Å². The summed E-state index contributed by atoms with van der Waals surface area (Å²) in [7, 11) is 0. The summed E-state index contributed by atoms with van der Waals surface area (Å²) >= 11 is 0. The van der Waals surface area contributed by atoms with E-state index in [-0.39, 0.29) is 52.8 Å². The lowest BCUT2D eigenvalue weighted by atomic mass is 9.35. The van der Waals surface area contributed by atoms with E-state index >= 15 is 0 Å². The molecule has 0 amide bonds. The molecule has 0 spiro atoms. The highest BCUT2D eigenvalue weighted by molar-refractivity contribution is 5.20. The molecule has 19 atom stereocenters. The second-order valence-electron chi connectivity index (χ2n) is 19.7. The van der Waals surface area contributed by atoms with Gasteiger partial charge in [0.25, 0.3) is 0 Å². The fraction of sp³-hybridized carbons (Fsp3) is 0.951. The van der Waals surface area contributed by atoms with Gasteiger partial charge in [-0.3, -0.25) is 0 Å². The molecule has 2 saturated heterocycles. The average Bonchev–Trinajstić information content (AvgIpc) is 3.47. The van der Waals surface area contributed by atoms with Crippen LogP contribution in [0, 0.1) is 45.3 Å². The molecule has 4 saturated carbocycles. The molecule has 6 aliphatic rings. The summed E-state index contributed by atoms with van der Waals surface area (Å²) in [6, 6.07) is 0. The molecule has 53 heavy (non-hydrogen) atoms. The highest BCUT2D eigenvalue weighted by Crippen LogP contribution is 2.76. The largest absolute Gasteiger partial charge is 0.393 e. The average molecular weight is 755 g/mol. The maximum Gasteiger partial charge on any atom is 0.187 e. The van der Waals surface area contributed by atoms with Crippen LogP contribution >= 0.6 is 0 Å². The van der Waals surface area contributed by atoms with Crippen LogP contribution in [0.1, 0.15) is 113 Å². The summed E-state index contributed by atoms with van der Waals surface area (Å²) in [4.78, 5) is 0. The molecule has 0 aromatic carbocycles. The first kappa shape index (κ1) is 41.9.